The highest BCUT2D eigenvalue weighted by Gasteiger charge is 2.17. The van der Waals surface area contributed by atoms with Crippen LogP contribution in [0.25, 0.3) is 0 Å². The van der Waals surface area contributed by atoms with Gasteiger partial charge in [0.2, 0.25) is 0 Å². The van der Waals surface area contributed by atoms with Crippen LogP contribution in [0.1, 0.15) is 35.2 Å². The molecule has 0 unspecified atom stereocenters. The Hall–Kier alpha value is -1.14. The molecule has 0 atom stereocenters. The number of hydrogen-bond acceptors (Lipinski definition) is 5. The van der Waals surface area contributed by atoms with Crippen LogP contribution < -0.4 is 0 Å². The molecule has 1 heterocycles. The maximum absolute atomic E-state index is 11.2. The molecule has 100 valence electrons. The molecule has 0 aliphatic heterocycles. The molecule has 0 spiro atoms. The van der Waals surface area contributed by atoms with Crippen LogP contribution in [0.15, 0.2) is 5.03 Å². The molecular formula is C12H18N2O3S. The lowest BCUT2D eigenvalue weighted by Gasteiger charge is -2.08. The first-order chi connectivity index (χ1) is 8.56. The summed E-state index contributed by atoms with van der Waals surface area (Å²) in [5.41, 5.74) is 0.702. The van der Waals surface area contributed by atoms with Gasteiger partial charge in [0.15, 0.2) is 0 Å². The van der Waals surface area contributed by atoms with Crippen LogP contribution in [0.4, 0.5) is 0 Å². The molecular weight excluding hydrogens is 252 g/mol. The Balaban J connectivity index is 2.71. The maximum atomic E-state index is 11.2. The topological polar surface area (TPSA) is 72.3 Å². The highest BCUT2D eigenvalue weighted by atomic mass is 32.2. The summed E-state index contributed by atoms with van der Waals surface area (Å²) < 4.78 is 5.35. The van der Waals surface area contributed by atoms with Crippen molar-refractivity contribution >= 4 is 17.7 Å². The SMILES string of the molecule is CCCOCCSc1nc(C)nc(C)c1C(=O)O. The van der Waals surface area contributed by atoms with Gasteiger partial charge in [-0.15, -0.1) is 11.8 Å². The van der Waals surface area contributed by atoms with Crippen LogP contribution in [-0.2, 0) is 4.74 Å². The van der Waals surface area contributed by atoms with Crippen molar-refractivity contribution in [2.75, 3.05) is 19.0 Å². The number of carboxylic acids is 1. The summed E-state index contributed by atoms with van der Waals surface area (Å²) in [6.07, 6.45) is 0.983. The molecule has 0 saturated heterocycles. The molecule has 1 N–H and O–H groups in total. The summed E-state index contributed by atoms with van der Waals surface area (Å²) in [7, 11) is 0. The molecule has 5 nitrogen and oxygen atoms in total. The molecule has 1 aromatic heterocycles. The minimum absolute atomic E-state index is 0.195. The minimum Gasteiger partial charge on any atom is -0.478 e. The molecule has 1 aromatic rings. The Morgan fingerprint density at radius 2 is 2.06 bits per heavy atom. The van der Waals surface area contributed by atoms with Crippen molar-refractivity contribution in [3.05, 3.63) is 17.1 Å². The van der Waals surface area contributed by atoms with Crippen LogP contribution in [-0.4, -0.2) is 40.0 Å². The van der Waals surface area contributed by atoms with Gasteiger partial charge in [-0.2, -0.15) is 0 Å². The second-order valence-electron chi connectivity index (χ2n) is 3.80. The number of thioether (sulfide) groups is 1. The average molecular weight is 270 g/mol. The Kier molecular flexibility index (Phi) is 6.07. The van der Waals surface area contributed by atoms with Gasteiger partial charge in [0.1, 0.15) is 16.4 Å². The van der Waals surface area contributed by atoms with E-state index in [4.69, 9.17) is 9.84 Å². The van der Waals surface area contributed by atoms with Crippen molar-refractivity contribution in [2.24, 2.45) is 0 Å². The Morgan fingerprint density at radius 1 is 1.33 bits per heavy atom. The van der Waals surface area contributed by atoms with Crippen molar-refractivity contribution in [3.8, 4) is 0 Å². The lowest BCUT2D eigenvalue weighted by atomic mass is 10.2. The Morgan fingerprint density at radius 3 is 2.67 bits per heavy atom. The van der Waals surface area contributed by atoms with Gasteiger partial charge in [-0.25, -0.2) is 14.8 Å². The quantitative estimate of drug-likeness (QED) is 0.465. The zero-order valence-electron chi connectivity index (χ0n) is 10.9. The summed E-state index contributed by atoms with van der Waals surface area (Å²) in [5, 5.41) is 9.67. The van der Waals surface area contributed by atoms with E-state index < -0.39 is 5.97 Å². The van der Waals surface area contributed by atoms with Crippen molar-refractivity contribution in [1.82, 2.24) is 9.97 Å². The lowest BCUT2D eigenvalue weighted by Crippen LogP contribution is -2.09. The van der Waals surface area contributed by atoms with Crippen LogP contribution >= 0.6 is 11.8 Å². The largest absolute Gasteiger partial charge is 0.478 e. The molecule has 0 aromatic carbocycles. The number of aromatic carboxylic acids is 1. The number of aromatic nitrogens is 2. The number of rotatable bonds is 7. The van der Waals surface area contributed by atoms with Gasteiger partial charge in [-0.3, -0.25) is 0 Å². The molecule has 0 aliphatic carbocycles. The van der Waals surface area contributed by atoms with E-state index in [0.29, 0.717) is 28.9 Å². The maximum Gasteiger partial charge on any atom is 0.340 e. The number of carbonyl (C=O) groups is 1. The number of hydrogen-bond donors (Lipinski definition) is 1. The second kappa shape index (κ2) is 7.33. The zero-order chi connectivity index (χ0) is 13.5. The van der Waals surface area contributed by atoms with E-state index in [2.05, 4.69) is 9.97 Å². The second-order valence-corrected chi connectivity index (χ2v) is 4.89. The standard InChI is InChI=1S/C12H18N2O3S/c1-4-5-17-6-7-18-11-10(12(15)16)8(2)13-9(3)14-11/h4-7H2,1-3H3,(H,15,16). The number of nitrogens with zero attached hydrogens (tertiary/aromatic N) is 2. The molecule has 0 amide bonds. The zero-order valence-corrected chi connectivity index (χ0v) is 11.7. The molecule has 0 radical (unpaired) electrons. The fourth-order valence-corrected chi connectivity index (χ4v) is 2.45. The van der Waals surface area contributed by atoms with E-state index >= 15 is 0 Å². The Labute approximate surface area is 111 Å². The van der Waals surface area contributed by atoms with Gasteiger partial charge in [-0.1, -0.05) is 6.92 Å². The first-order valence-electron chi connectivity index (χ1n) is 5.85. The molecule has 0 saturated carbocycles. The van der Waals surface area contributed by atoms with E-state index in [1.165, 1.54) is 11.8 Å². The summed E-state index contributed by atoms with van der Waals surface area (Å²) in [6, 6.07) is 0. The van der Waals surface area contributed by atoms with Crippen molar-refractivity contribution in [1.29, 1.82) is 0 Å². The highest BCUT2D eigenvalue weighted by Crippen LogP contribution is 2.22. The first-order valence-corrected chi connectivity index (χ1v) is 6.84. The van der Waals surface area contributed by atoms with Crippen LogP contribution in [0, 0.1) is 13.8 Å². The smallest absolute Gasteiger partial charge is 0.340 e. The number of ether oxygens (including phenoxy) is 1. The average Bonchev–Trinajstić information content (AvgIpc) is 2.27. The van der Waals surface area contributed by atoms with Crippen molar-refractivity contribution in [2.45, 2.75) is 32.2 Å². The van der Waals surface area contributed by atoms with Gasteiger partial charge < -0.3 is 9.84 Å². The van der Waals surface area contributed by atoms with Gasteiger partial charge in [0, 0.05) is 12.4 Å². The van der Waals surface area contributed by atoms with E-state index in [-0.39, 0.29) is 5.56 Å². The minimum atomic E-state index is -0.982. The third-order valence-corrected chi connectivity index (χ3v) is 3.14. The normalized spacial score (nSPS) is 10.6. The molecule has 0 fully saturated rings. The molecule has 1 rings (SSSR count). The Bertz CT molecular complexity index is 424. The van der Waals surface area contributed by atoms with E-state index in [9.17, 15) is 4.79 Å². The van der Waals surface area contributed by atoms with E-state index in [1.54, 1.807) is 13.8 Å². The summed E-state index contributed by atoms with van der Waals surface area (Å²) >= 11 is 1.40. The first kappa shape index (κ1) is 14.9. The van der Waals surface area contributed by atoms with Crippen LogP contribution in [0.3, 0.4) is 0 Å². The van der Waals surface area contributed by atoms with Gasteiger partial charge in [0.05, 0.1) is 12.3 Å². The number of carboxylic acid groups (broad SMARTS) is 1. The number of aryl methyl sites for hydroxylation is 2. The third-order valence-electron chi connectivity index (χ3n) is 2.20. The van der Waals surface area contributed by atoms with E-state index in [1.807, 2.05) is 6.92 Å². The summed E-state index contributed by atoms with van der Waals surface area (Å²) in [6.45, 7) is 6.83. The molecule has 18 heavy (non-hydrogen) atoms. The van der Waals surface area contributed by atoms with Gasteiger partial charge in [0.25, 0.3) is 0 Å². The third kappa shape index (κ3) is 4.27. The monoisotopic (exact) mass is 270 g/mol. The van der Waals surface area contributed by atoms with Crippen molar-refractivity contribution < 1.29 is 14.6 Å². The molecule has 6 heteroatoms. The molecule has 0 aliphatic rings. The lowest BCUT2D eigenvalue weighted by molar-refractivity contribution is 0.0690. The highest BCUT2D eigenvalue weighted by molar-refractivity contribution is 7.99. The summed E-state index contributed by atoms with van der Waals surface area (Å²) in [4.78, 5) is 19.4. The van der Waals surface area contributed by atoms with E-state index in [0.717, 1.165) is 13.0 Å². The molecule has 0 bridgehead atoms. The fourth-order valence-electron chi connectivity index (χ4n) is 1.48. The summed E-state index contributed by atoms with van der Waals surface area (Å²) in [5.74, 6) is 0.301. The van der Waals surface area contributed by atoms with Gasteiger partial charge in [-0.05, 0) is 20.3 Å². The fraction of sp³-hybridized carbons (Fsp3) is 0.583. The van der Waals surface area contributed by atoms with Crippen LogP contribution in [0.2, 0.25) is 0 Å². The predicted molar refractivity (Wildman–Crippen MR) is 70.3 cm³/mol. The van der Waals surface area contributed by atoms with Crippen LogP contribution in [0.5, 0.6) is 0 Å². The van der Waals surface area contributed by atoms with Crippen molar-refractivity contribution in [3.63, 3.8) is 0 Å². The predicted octanol–water partition coefficient (Wildman–Crippen LogP) is 2.31. The van der Waals surface area contributed by atoms with Gasteiger partial charge >= 0.3 is 5.97 Å².